The Morgan fingerprint density at radius 2 is 1.62 bits per heavy atom. The number of anilines is 1. The lowest BCUT2D eigenvalue weighted by Crippen LogP contribution is -2.28. The molecule has 6 heteroatoms. The van der Waals surface area contributed by atoms with Gasteiger partial charge in [0.05, 0.1) is 16.8 Å². The van der Waals surface area contributed by atoms with E-state index in [1.807, 2.05) is 0 Å². The SMILES string of the molecule is C=C.CC(C)(C)O.CO.Cc1ccc(-c2c(CC=O)c(C)c3c4c2cc(Cl)n4CCN3C)cc1. The molecule has 0 saturated heterocycles. The number of hydrogen-bond acceptors (Lipinski definition) is 4. The average molecular weight is 487 g/mol. The molecule has 0 atom stereocenters. The smallest absolute Gasteiger partial charge is 0.124 e. The average Bonchev–Trinajstić information content (AvgIpc) is 3.11. The monoisotopic (exact) mass is 486 g/mol. The van der Waals surface area contributed by atoms with E-state index in [0.29, 0.717) is 6.42 Å². The summed E-state index contributed by atoms with van der Waals surface area (Å²) in [6, 6.07) is 10.6. The zero-order valence-corrected chi connectivity index (χ0v) is 22.3. The van der Waals surface area contributed by atoms with Crippen LogP contribution >= 0.6 is 11.6 Å². The van der Waals surface area contributed by atoms with Crippen LogP contribution in [0.1, 0.15) is 37.5 Å². The Kier molecular flexibility index (Phi) is 11.0. The third-order valence-corrected chi connectivity index (χ3v) is 5.63. The Labute approximate surface area is 209 Å². The highest BCUT2D eigenvalue weighted by atomic mass is 35.5. The van der Waals surface area contributed by atoms with Gasteiger partial charge in [-0.2, -0.15) is 0 Å². The van der Waals surface area contributed by atoms with Crippen molar-refractivity contribution in [3.05, 3.63) is 65.3 Å². The lowest BCUT2D eigenvalue weighted by Gasteiger charge is -2.31. The molecule has 5 nitrogen and oxygen atoms in total. The van der Waals surface area contributed by atoms with Gasteiger partial charge in [-0.15, -0.1) is 13.2 Å². The van der Waals surface area contributed by atoms with Gasteiger partial charge >= 0.3 is 0 Å². The zero-order valence-electron chi connectivity index (χ0n) is 21.6. The maximum Gasteiger partial charge on any atom is 0.124 e. The third-order valence-electron chi connectivity index (χ3n) is 5.32. The minimum Gasteiger partial charge on any atom is -0.400 e. The van der Waals surface area contributed by atoms with Gasteiger partial charge in [0, 0.05) is 39.1 Å². The van der Waals surface area contributed by atoms with Gasteiger partial charge in [0.2, 0.25) is 0 Å². The molecule has 0 radical (unpaired) electrons. The number of aliphatic hydroxyl groups is 2. The fraction of sp³-hybridized carbons (Fsp3) is 0.393. The minimum atomic E-state index is -0.500. The van der Waals surface area contributed by atoms with E-state index in [2.05, 4.69) is 73.9 Å². The first kappa shape index (κ1) is 29.4. The van der Waals surface area contributed by atoms with Gasteiger partial charge in [-0.05, 0) is 62.9 Å². The van der Waals surface area contributed by atoms with Crippen LogP contribution in [0.15, 0.2) is 43.5 Å². The molecule has 1 aromatic heterocycles. The number of aldehydes is 1. The first-order chi connectivity index (χ1) is 16.0. The number of aryl methyl sites for hydroxylation is 1. The highest BCUT2D eigenvalue weighted by molar-refractivity contribution is 6.31. The van der Waals surface area contributed by atoms with Crippen LogP contribution in [0, 0.1) is 13.8 Å². The number of aromatic nitrogens is 1. The molecule has 0 unspecified atom stereocenters. The van der Waals surface area contributed by atoms with E-state index in [9.17, 15) is 4.79 Å². The molecule has 2 N–H and O–H groups in total. The highest BCUT2D eigenvalue weighted by Gasteiger charge is 2.26. The van der Waals surface area contributed by atoms with E-state index < -0.39 is 5.60 Å². The molecule has 0 bridgehead atoms. The van der Waals surface area contributed by atoms with Crippen molar-refractivity contribution in [2.24, 2.45) is 0 Å². The third kappa shape index (κ3) is 6.72. The Balaban J connectivity index is 0.000000563. The van der Waals surface area contributed by atoms with Crippen LogP contribution in [-0.4, -0.2) is 47.4 Å². The second-order valence-electron chi connectivity index (χ2n) is 9.04. The molecule has 186 valence electrons. The van der Waals surface area contributed by atoms with E-state index in [1.54, 1.807) is 20.8 Å². The molecule has 4 rings (SSSR count). The summed E-state index contributed by atoms with van der Waals surface area (Å²) in [5.74, 6) is 0. The molecule has 2 heterocycles. The molecular weight excluding hydrogens is 448 g/mol. The van der Waals surface area contributed by atoms with Crippen molar-refractivity contribution >= 4 is 34.5 Å². The molecule has 1 aliphatic heterocycles. The molecule has 34 heavy (non-hydrogen) atoms. The lowest BCUT2D eigenvalue weighted by molar-refractivity contribution is -0.107. The standard InChI is InChI=1S/C21H21ClN2O.C4H10O.C2H4.CH4O/c1-13-4-6-15(7-5-13)19-16(8-11-25)14(2)20-21-17(19)12-18(22)24(21)10-9-23(20)3;1-4(2,3)5;2*1-2/h4-7,11-12H,8-10H2,1-3H3;5H,1-3H3;1-2H2;2H,1H3. The molecule has 0 spiro atoms. The Morgan fingerprint density at radius 3 is 2.12 bits per heavy atom. The largest absolute Gasteiger partial charge is 0.400 e. The summed E-state index contributed by atoms with van der Waals surface area (Å²) in [4.78, 5) is 13.7. The fourth-order valence-electron chi connectivity index (χ4n) is 4.07. The van der Waals surface area contributed by atoms with Crippen LogP contribution < -0.4 is 4.90 Å². The zero-order chi connectivity index (χ0) is 26.2. The van der Waals surface area contributed by atoms with Crippen molar-refractivity contribution in [1.29, 1.82) is 0 Å². The molecule has 3 aromatic rings. The van der Waals surface area contributed by atoms with Gasteiger partial charge in [0.1, 0.15) is 11.4 Å². The maximum absolute atomic E-state index is 11.4. The fourth-order valence-corrected chi connectivity index (χ4v) is 4.35. The van der Waals surface area contributed by atoms with Crippen molar-refractivity contribution < 1.29 is 15.0 Å². The van der Waals surface area contributed by atoms with Gasteiger partial charge in [-0.25, -0.2) is 0 Å². The Hall–Kier alpha value is -2.60. The minimum absolute atomic E-state index is 0.411. The second kappa shape index (κ2) is 12.7. The Bertz CT molecular complexity index is 1090. The first-order valence-corrected chi connectivity index (χ1v) is 11.6. The van der Waals surface area contributed by atoms with Crippen molar-refractivity contribution in [3.63, 3.8) is 0 Å². The molecular formula is C28H39ClN2O3. The van der Waals surface area contributed by atoms with Crippen LogP contribution in [0.5, 0.6) is 0 Å². The van der Waals surface area contributed by atoms with Crippen molar-refractivity contribution in [2.45, 2.75) is 53.2 Å². The molecule has 0 saturated carbocycles. The highest BCUT2D eigenvalue weighted by Crippen LogP contribution is 2.45. The van der Waals surface area contributed by atoms with Gasteiger partial charge in [0.15, 0.2) is 0 Å². The van der Waals surface area contributed by atoms with Gasteiger partial charge in [-0.3, -0.25) is 0 Å². The number of likely N-dealkylation sites (N-methyl/N-ethyl adjacent to an activating group) is 1. The number of aliphatic hydroxyl groups excluding tert-OH is 1. The van der Waals surface area contributed by atoms with Crippen LogP contribution in [0.3, 0.4) is 0 Å². The molecule has 1 aliphatic rings. The van der Waals surface area contributed by atoms with E-state index in [1.165, 1.54) is 22.3 Å². The Morgan fingerprint density at radius 1 is 1.09 bits per heavy atom. The van der Waals surface area contributed by atoms with E-state index in [4.69, 9.17) is 21.8 Å². The number of hydrogen-bond donors (Lipinski definition) is 2. The predicted octanol–water partition coefficient (Wildman–Crippen LogP) is 5.96. The number of carbonyl (C=O) groups is 1. The van der Waals surface area contributed by atoms with Crippen molar-refractivity contribution in [1.82, 2.24) is 4.57 Å². The van der Waals surface area contributed by atoms with E-state index in [-0.39, 0.29) is 0 Å². The van der Waals surface area contributed by atoms with E-state index in [0.717, 1.165) is 53.7 Å². The van der Waals surface area contributed by atoms with Crippen LogP contribution in [0.4, 0.5) is 5.69 Å². The molecule has 0 aliphatic carbocycles. The summed E-state index contributed by atoms with van der Waals surface area (Å²) in [5.41, 5.74) is 7.65. The normalized spacial score (nSPS) is 12.0. The number of halogens is 1. The number of rotatable bonds is 3. The van der Waals surface area contributed by atoms with Gasteiger partial charge in [-0.1, -0.05) is 41.4 Å². The summed E-state index contributed by atoms with van der Waals surface area (Å²) < 4.78 is 2.20. The second-order valence-corrected chi connectivity index (χ2v) is 9.42. The summed E-state index contributed by atoms with van der Waals surface area (Å²) in [7, 11) is 3.11. The molecule has 0 fully saturated rings. The first-order valence-electron chi connectivity index (χ1n) is 11.3. The quantitative estimate of drug-likeness (QED) is 0.354. The summed E-state index contributed by atoms with van der Waals surface area (Å²) >= 11 is 6.56. The lowest BCUT2D eigenvalue weighted by atomic mass is 9.89. The number of carbonyl (C=O) groups excluding carboxylic acids is 1. The van der Waals surface area contributed by atoms with E-state index >= 15 is 0 Å². The van der Waals surface area contributed by atoms with Gasteiger partial charge < -0.3 is 24.5 Å². The van der Waals surface area contributed by atoms with Crippen LogP contribution in [0.25, 0.3) is 22.0 Å². The number of nitrogens with zero attached hydrogens (tertiary/aromatic N) is 2. The predicted molar refractivity (Wildman–Crippen MR) is 146 cm³/mol. The summed E-state index contributed by atoms with van der Waals surface area (Å²) in [6.07, 6.45) is 1.41. The number of benzene rings is 2. The summed E-state index contributed by atoms with van der Waals surface area (Å²) in [5, 5.41) is 17.4. The molecule has 0 amide bonds. The molecule has 2 aromatic carbocycles. The maximum atomic E-state index is 11.4. The van der Waals surface area contributed by atoms with Crippen LogP contribution in [0.2, 0.25) is 5.15 Å². The topological polar surface area (TPSA) is 65.7 Å². The van der Waals surface area contributed by atoms with Gasteiger partial charge in [0.25, 0.3) is 0 Å². The van der Waals surface area contributed by atoms with Crippen molar-refractivity contribution in [3.8, 4) is 11.1 Å². The van der Waals surface area contributed by atoms with Crippen molar-refractivity contribution in [2.75, 3.05) is 25.6 Å². The van der Waals surface area contributed by atoms with Crippen LogP contribution in [-0.2, 0) is 17.8 Å². The summed E-state index contributed by atoms with van der Waals surface area (Å²) in [6.45, 7) is 17.2.